The lowest BCUT2D eigenvalue weighted by molar-refractivity contribution is 0.0976. The fourth-order valence-electron chi connectivity index (χ4n) is 2.89. The second kappa shape index (κ2) is 5.53. The highest BCUT2D eigenvalue weighted by atomic mass is 16.4. The number of rotatable bonds is 3. The summed E-state index contributed by atoms with van der Waals surface area (Å²) in [7, 11) is 0. The molecule has 0 aliphatic rings. The van der Waals surface area contributed by atoms with Crippen molar-refractivity contribution in [2.75, 3.05) is 4.90 Å². The average molecular weight is 319 g/mol. The zero-order chi connectivity index (χ0) is 16.7. The predicted molar refractivity (Wildman–Crippen MR) is 94.3 cm³/mol. The lowest BCUT2D eigenvalue weighted by Gasteiger charge is -2.24. The van der Waals surface area contributed by atoms with E-state index < -0.39 is 0 Å². The first-order valence-electron chi connectivity index (χ1n) is 7.89. The molecule has 5 heteroatoms. The maximum atomic E-state index is 13.1. The van der Waals surface area contributed by atoms with Gasteiger partial charge >= 0.3 is 0 Å². The van der Waals surface area contributed by atoms with Crippen molar-refractivity contribution in [2.45, 2.75) is 19.9 Å². The van der Waals surface area contributed by atoms with Gasteiger partial charge in [-0.1, -0.05) is 18.2 Å². The third-order valence-electron chi connectivity index (χ3n) is 4.07. The second-order valence-corrected chi connectivity index (χ2v) is 6.06. The summed E-state index contributed by atoms with van der Waals surface area (Å²) in [5.41, 5.74) is 2.29. The maximum absolute atomic E-state index is 13.1. The Kier molecular flexibility index (Phi) is 3.34. The molecule has 0 spiro atoms. The highest BCUT2D eigenvalue weighted by molar-refractivity contribution is 6.08. The van der Waals surface area contributed by atoms with Gasteiger partial charge in [0, 0.05) is 28.4 Å². The van der Waals surface area contributed by atoms with Crippen LogP contribution in [0.2, 0.25) is 0 Å². The molecule has 24 heavy (non-hydrogen) atoms. The third-order valence-corrected chi connectivity index (χ3v) is 4.07. The number of fused-ring (bicyclic) bond motifs is 2. The first kappa shape index (κ1) is 14.5. The van der Waals surface area contributed by atoms with E-state index in [-0.39, 0.29) is 11.9 Å². The quantitative estimate of drug-likeness (QED) is 0.610. The Bertz CT molecular complexity index is 996. The molecule has 0 atom stereocenters. The van der Waals surface area contributed by atoms with Gasteiger partial charge in [-0.3, -0.25) is 14.8 Å². The number of anilines is 1. The summed E-state index contributed by atoms with van der Waals surface area (Å²) in [6, 6.07) is 15.1. The number of aromatic nitrogens is 2. The second-order valence-electron chi connectivity index (χ2n) is 6.06. The maximum Gasteiger partial charge on any atom is 0.260 e. The van der Waals surface area contributed by atoms with Gasteiger partial charge in [0.25, 0.3) is 5.91 Å². The molecule has 120 valence electrons. The lowest BCUT2D eigenvalue weighted by Crippen LogP contribution is -2.36. The predicted octanol–water partition coefficient (Wildman–Crippen LogP) is 4.36. The van der Waals surface area contributed by atoms with E-state index in [1.54, 1.807) is 17.2 Å². The van der Waals surface area contributed by atoms with E-state index in [0.29, 0.717) is 11.4 Å². The molecule has 1 amide bonds. The van der Waals surface area contributed by atoms with E-state index in [4.69, 9.17) is 4.42 Å². The molecule has 2 aromatic carbocycles. The number of carbonyl (C=O) groups excluding carboxylic acids is 1. The minimum absolute atomic E-state index is 0.0295. The minimum Gasteiger partial charge on any atom is -0.440 e. The van der Waals surface area contributed by atoms with Gasteiger partial charge in [-0.2, -0.15) is 5.10 Å². The molecule has 0 saturated carbocycles. The van der Waals surface area contributed by atoms with Gasteiger partial charge < -0.3 is 4.42 Å². The van der Waals surface area contributed by atoms with Crippen molar-refractivity contribution >= 4 is 33.7 Å². The molecule has 0 radical (unpaired) electrons. The summed E-state index contributed by atoms with van der Waals surface area (Å²) >= 11 is 0. The summed E-state index contributed by atoms with van der Waals surface area (Å²) in [6.07, 6.45) is 1.72. The van der Waals surface area contributed by atoms with Crippen LogP contribution in [0, 0.1) is 0 Å². The van der Waals surface area contributed by atoms with Gasteiger partial charge in [-0.25, -0.2) is 0 Å². The molecule has 0 aliphatic carbocycles. The van der Waals surface area contributed by atoms with E-state index in [1.165, 1.54) is 0 Å². The van der Waals surface area contributed by atoms with Crippen molar-refractivity contribution < 1.29 is 9.21 Å². The Labute approximate surface area is 138 Å². The molecule has 0 aliphatic heterocycles. The van der Waals surface area contributed by atoms with Crippen LogP contribution in [0.25, 0.3) is 21.9 Å². The number of para-hydroxylation sites is 1. The topological polar surface area (TPSA) is 62.1 Å². The van der Waals surface area contributed by atoms with Crippen LogP contribution in [0.3, 0.4) is 0 Å². The third kappa shape index (κ3) is 2.34. The highest BCUT2D eigenvalue weighted by Crippen LogP contribution is 2.29. The van der Waals surface area contributed by atoms with Crippen LogP contribution in [0.5, 0.6) is 0 Å². The van der Waals surface area contributed by atoms with Gasteiger partial charge in [0.15, 0.2) is 0 Å². The Morgan fingerprint density at radius 3 is 2.75 bits per heavy atom. The molecule has 4 aromatic rings. The number of hydrogen-bond acceptors (Lipinski definition) is 3. The Morgan fingerprint density at radius 1 is 1.12 bits per heavy atom. The number of benzene rings is 2. The number of aromatic amines is 1. The Morgan fingerprint density at radius 2 is 1.96 bits per heavy atom. The van der Waals surface area contributed by atoms with Gasteiger partial charge in [-0.05, 0) is 38.1 Å². The van der Waals surface area contributed by atoms with Gasteiger partial charge in [0.2, 0.25) is 5.88 Å². The molecule has 1 N–H and O–H groups in total. The van der Waals surface area contributed by atoms with Crippen molar-refractivity contribution in [1.82, 2.24) is 10.2 Å². The summed E-state index contributed by atoms with van der Waals surface area (Å²) in [4.78, 5) is 14.7. The van der Waals surface area contributed by atoms with E-state index in [9.17, 15) is 4.79 Å². The summed E-state index contributed by atoms with van der Waals surface area (Å²) < 4.78 is 5.89. The molecule has 2 heterocycles. The molecule has 0 bridgehead atoms. The number of hydrogen-bond donors (Lipinski definition) is 1. The number of amides is 1. The van der Waals surface area contributed by atoms with E-state index in [1.807, 2.05) is 56.3 Å². The molecular weight excluding hydrogens is 302 g/mol. The molecule has 0 saturated heterocycles. The van der Waals surface area contributed by atoms with Crippen molar-refractivity contribution in [3.8, 4) is 0 Å². The van der Waals surface area contributed by atoms with Crippen LogP contribution in [0.15, 0.2) is 59.1 Å². The number of carbonyl (C=O) groups is 1. The first-order chi connectivity index (χ1) is 11.6. The molecule has 0 fully saturated rings. The van der Waals surface area contributed by atoms with Crippen molar-refractivity contribution in [1.29, 1.82) is 0 Å². The first-order valence-corrected chi connectivity index (χ1v) is 7.89. The van der Waals surface area contributed by atoms with E-state index in [0.717, 1.165) is 21.9 Å². The molecule has 4 rings (SSSR count). The van der Waals surface area contributed by atoms with Crippen LogP contribution >= 0.6 is 0 Å². The zero-order valence-electron chi connectivity index (χ0n) is 13.5. The number of nitrogens with one attached hydrogen (secondary N) is 1. The summed E-state index contributed by atoms with van der Waals surface area (Å²) in [5.74, 6) is 0.468. The van der Waals surface area contributed by atoms with Crippen molar-refractivity contribution in [3.63, 3.8) is 0 Å². The average Bonchev–Trinajstić information content (AvgIpc) is 3.19. The van der Waals surface area contributed by atoms with Gasteiger partial charge in [-0.15, -0.1) is 0 Å². The molecule has 5 nitrogen and oxygen atoms in total. The number of nitrogens with zero attached hydrogens (tertiary/aromatic N) is 2. The minimum atomic E-state index is -0.0906. The SMILES string of the molecule is CC(C)N(C(=O)c1ccc2[nH]ncc2c1)c1cc2ccccc2o1. The largest absolute Gasteiger partial charge is 0.440 e. The number of H-pyrrole nitrogens is 1. The van der Waals surface area contributed by atoms with Crippen molar-refractivity contribution in [2.24, 2.45) is 0 Å². The van der Waals surface area contributed by atoms with Crippen LogP contribution < -0.4 is 4.90 Å². The highest BCUT2D eigenvalue weighted by Gasteiger charge is 2.24. The van der Waals surface area contributed by atoms with E-state index >= 15 is 0 Å². The van der Waals surface area contributed by atoms with Crippen LogP contribution in [-0.4, -0.2) is 22.1 Å². The summed E-state index contributed by atoms with van der Waals surface area (Å²) in [6.45, 7) is 3.95. The zero-order valence-corrected chi connectivity index (χ0v) is 13.5. The smallest absolute Gasteiger partial charge is 0.260 e. The van der Waals surface area contributed by atoms with E-state index in [2.05, 4.69) is 10.2 Å². The summed E-state index contributed by atoms with van der Waals surface area (Å²) in [5, 5.41) is 8.79. The molecule has 0 unspecified atom stereocenters. The Hall–Kier alpha value is -3.08. The fraction of sp³-hybridized carbons (Fsp3) is 0.158. The molecule has 2 aromatic heterocycles. The normalized spacial score (nSPS) is 11.5. The Balaban J connectivity index is 1.77. The fourth-order valence-corrected chi connectivity index (χ4v) is 2.89. The monoisotopic (exact) mass is 319 g/mol. The van der Waals surface area contributed by atoms with Gasteiger partial charge in [0.1, 0.15) is 5.58 Å². The van der Waals surface area contributed by atoms with Crippen LogP contribution in [0.4, 0.5) is 5.88 Å². The van der Waals surface area contributed by atoms with Gasteiger partial charge in [0.05, 0.1) is 11.7 Å². The lowest BCUT2D eigenvalue weighted by atomic mass is 10.1. The standard InChI is InChI=1S/C19H17N3O2/c1-12(2)22(18-10-13-5-3-4-6-17(13)24-18)19(23)14-7-8-16-15(9-14)11-20-21-16/h3-12H,1-2H3,(H,20,21). The number of furan rings is 1. The van der Waals surface area contributed by atoms with Crippen LogP contribution in [0.1, 0.15) is 24.2 Å². The molecular formula is C19H17N3O2. The van der Waals surface area contributed by atoms with Crippen LogP contribution in [-0.2, 0) is 0 Å². The van der Waals surface area contributed by atoms with Crippen molar-refractivity contribution in [3.05, 3.63) is 60.3 Å².